The van der Waals surface area contributed by atoms with E-state index in [2.05, 4.69) is 0 Å². The van der Waals surface area contributed by atoms with Gasteiger partial charge >= 0.3 is 0 Å². The maximum atomic E-state index is 11.5. The molecule has 4 nitrogen and oxygen atoms in total. The summed E-state index contributed by atoms with van der Waals surface area (Å²) in [5.74, 6) is 0.847. The van der Waals surface area contributed by atoms with Crippen LogP contribution in [-0.4, -0.2) is 42.7 Å². The first-order valence-electron chi connectivity index (χ1n) is 5.76. The standard InChI is InChI=1S/C13H19NO3/c1-14(13(16)8-5-10-15)9-11-17-12-6-3-2-4-7-12/h2-4,6-7,15H,5,8-11H2,1H3. The number of hydrogen-bond acceptors (Lipinski definition) is 3. The topological polar surface area (TPSA) is 49.8 Å². The van der Waals surface area contributed by atoms with Gasteiger partial charge in [0.1, 0.15) is 12.4 Å². The predicted molar refractivity (Wildman–Crippen MR) is 65.9 cm³/mol. The number of hydrogen-bond donors (Lipinski definition) is 1. The van der Waals surface area contributed by atoms with Crippen molar-refractivity contribution in [2.75, 3.05) is 26.8 Å². The Hall–Kier alpha value is -1.55. The van der Waals surface area contributed by atoms with Crippen LogP contribution in [0, 0.1) is 0 Å². The van der Waals surface area contributed by atoms with Gasteiger partial charge in [0, 0.05) is 20.1 Å². The molecule has 1 amide bonds. The Morgan fingerprint density at radius 2 is 2.06 bits per heavy atom. The molecule has 0 fully saturated rings. The van der Waals surface area contributed by atoms with E-state index >= 15 is 0 Å². The lowest BCUT2D eigenvalue weighted by atomic mass is 10.3. The molecule has 0 aromatic heterocycles. The van der Waals surface area contributed by atoms with Crippen molar-refractivity contribution in [3.63, 3.8) is 0 Å². The van der Waals surface area contributed by atoms with Crippen LogP contribution in [0.1, 0.15) is 12.8 Å². The Morgan fingerprint density at radius 3 is 2.71 bits per heavy atom. The summed E-state index contributed by atoms with van der Waals surface area (Å²) in [6, 6.07) is 9.51. The van der Waals surface area contributed by atoms with Crippen molar-refractivity contribution in [2.24, 2.45) is 0 Å². The molecule has 0 saturated carbocycles. The molecule has 1 rings (SSSR count). The second kappa shape index (κ2) is 7.68. The van der Waals surface area contributed by atoms with Gasteiger partial charge in [-0.05, 0) is 18.6 Å². The zero-order valence-corrected chi connectivity index (χ0v) is 10.1. The number of carbonyl (C=O) groups excluding carboxylic acids is 1. The van der Waals surface area contributed by atoms with Gasteiger partial charge in [-0.3, -0.25) is 4.79 Å². The van der Waals surface area contributed by atoms with Gasteiger partial charge in [0.25, 0.3) is 0 Å². The highest BCUT2D eigenvalue weighted by atomic mass is 16.5. The van der Waals surface area contributed by atoms with Crippen LogP contribution in [0.15, 0.2) is 30.3 Å². The molecule has 0 spiro atoms. The fourth-order valence-corrected chi connectivity index (χ4v) is 1.36. The Labute approximate surface area is 102 Å². The third-order valence-corrected chi connectivity index (χ3v) is 2.41. The molecule has 1 aromatic rings. The molecule has 0 aliphatic rings. The number of para-hydroxylation sites is 1. The Bertz CT molecular complexity index is 327. The van der Waals surface area contributed by atoms with Gasteiger partial charge in [-0.25, -0.2) is 0 Å². The zero-order chi connectivity index (χ0) is 12.5. The molecule has 0 unspecified atom stereocenters. The number of carbonyl (C=O) groups is 1. The van der Waals surface area contributed by atoms with Gasteiger partial charge in [0.2, 0.25) is 5.91 Å². The molecule has 17 heavy (non-hydrogen) atoms. The largest absolute Gasteiger partial charge is 0.492 e. The zero-order valence-electron chi connectivity index (χ0n) is 10.1. The van der Waals surface area contributed by atoms with E-state index in [0.29, 0.717) is 26.0 Å². The number of ether oxygens (including phenoxy) is 1. The van der Waals surface area contributed by atoms with Crippen molar-refractivity contribution in [1.82, 2.24) is 4.90 Å². The minimum atomic E-state index is 0.0377. The summed E-state index contributed by atoms with van der Waals surface area (Å²) < 4.78 is 5.49. The van der Waals surface area contributed by atoms with Crippen molar-refractivity contribution in [3.05, 3.63) is 30.3 Å². The Morgan fingerprint density at radius 1 is 1.35 bits per heavy atom. The molecule has 94 valence electrons. The minimum Gasteiger partial charge on any atom is -0.492 e. The molecule has 4 heteroatoms. The monoisotopic (exact) mass is 237 g/mol. The maximum Gasteiger partial charge on any atom is 0.222 e. The lowest BCUT2D eigenvalue weighted by molar-refractivity contribution is -0.130. The van der Waals surface area contributed by atoms with E-state index in [0.717, 1.165) is 5.75 Å². The summed E-state index contributed by atoms with van der Waals surface area (Å²) in [4.78, 5) is 13.1. The van der Waals surface area contributed by atoms with Crippen molar-refractivity contribution in [2.45, 2.75) is 12.8 Å². The SMILES string of the molecule is CN(CCOc1ccccc1)C(=O)CCCO. The Balaban J connectivity index is 2.20. The van der Waals surface area contributed by atoms with Gasteiger partial charge in [0.05, 0.1) is 6.54 Å². The van der Waals surface area contributed by atoms with Crippen molar-refractivity contribution < 1.29 is 14.6 Å². The molecule has 0 radical (unpaired) electrons. The fraction of sp³-hybridized carbons (Fsp3) is 0.462. The number of amides is 1. The first-order chi connectivity index (χ1) is 8.24. The second-order valence-corrected chi connectivity index (χ2v) is 3.80. The highest BCUT2D eigenvalue weighted by Gasteiger charge is 2.07. The second-order valence-electron chi connectivity index (χ2n) is 3.80. The summed E-state index contributed by atoms with van der Waals surface area (Å²) in [5.41, 5.74) is 0. The van der Waals surface area contributed by atoms with Crippen LogP contribution in [-0.2, 0) is 4.79 Å². The molecule has 0 aliphatic carbocycles. The molecule has 0 heterocycles. The van der Waals surface area contributed by atoms with Crippen molar-refractivity contribution >= 4 is 5.91 Å². The molecule has 0 saturated heterocycles. The van der Waals surface area contributed by atoms with Crippen LogP contribution in [0.5, 0.6) is 5.75 Å². The molecule has 0 bridgehead atoms. The summed E-state index contributed by atoms with van der Waals surface area (Å²) in [7, 11) is 1.74. The van der Waals surface area contributed by atoms with Crippen molar-refractivity contribution in [3.8, 4) is 5.75 Å². The quantitative estimate of drug-likeness (QED) is 0.777. The van der Waals surface area contributed by atoms with Crippen LogP contribution in [0.4, 0.5) is 0 Å². The van der Waals surface area contributed by atoms with E-state index in [9.17, 15) is 4.79 Å². The minimum absolute atomic E-state index is 0.0377. The average Bonchev–Trinajstić information content (AvgIpc) is 2.37. The number of aliphatic hydroxyl groups is 1. The number of benzene rings is 1. The van der Waals surface area contributed by atoms with Crippen LogP contribution < -0.4 is 4.74 Å². The normalized spacial score (nSPS) is 10.0. The lowest BCUT2D eigenvalue weighted by Crippen LogP contribution is -2.30. The average molecular weight is 237 g/mol. The summed E-state index contributed by atoms with van der Waals surface area (Å²) in [5, 5.41) is 8.63. The third-order valence-electron chi connectivity index (χ3n) is 2.41. The summed E-state index contributed by atoms with van der Waals surface area (Å²) >= 11 is 0. The lowest BCUT2D eigenvalue weighted by Gasteiger charge is -2.17. The van der Waals surface area contributed by atoms with Crippen LogP contribution >= 0.6 is 0 Å². The highest BCUT2D eigenvalue weighted by molar-refractivity contribution is 5.75. The third kappa shape index (κ3) is 5.36. The van der Waals surface area contributed by atoms with Gasteiger partial charge in [-0.2, -0.15) is 0 Å². The van der Waals surface area contributed by atoms with Crippen LogP contribution in [0.25, 0.3) is 0 Å². The van der Waals surface area contributed by atoms with E-state index in [1.807, 2.05) is 30.3 Å². The van der Waals surface area contributed by atoms with Gasteiger partial charge in [0.15, 0.2) is 0 Å². The van der Waals surface area contributed by atoms with Gasteiger partial charge in [-0.1, -0.05) is 18.2 Å². The van der Waals surface area contributed by atoms with Crippen molar-refractivity contribution in [1.29, 1.82) is 0 Å². The summed E-state index contributed by atoms with van der Waals surface area (Å²) in [6.07, 6.45) is 0.904. The van der Waals surface area contributed by atoms with E-state index in [4.69, 9.17) is 9.84 Å². The molecule has 1 N–H and O–H groups in total. The smallest absolute Gasteiger partial charge is 0.222 e. The van der Waals surface area contributed by atoms with E-state index in [-0.39, 0.29) is 12.5 Å². The number of nitrogens with zero attached hydrogens (tertiary/aromatic N) is 1. The van der Waals surface area contributed by atoms with Gasteiger partial charge in [-0.15, -0.1) is 0 Å². The summed E-state index contributed by atoms with van der Waals surface area (Å²) in [6.45, 7) is 1.09. The molecular weight excluding hydrogens is 218 g/mol. The molecule has 1 aromatic carbocycles. The highest BCUT2D eigenvalue weighted by Crippen LogP contribution is 2.07. The van der Waals surface area contributed by atoms with E-state index in [1.54, 1.807) is 11.9 Å². The number of rotatable bonds is 7. The molecule has 0 aliphatic heterocycles. The number of aliphatic hydroxyl groups excluding tert-OH is 1. The van der Waals surface area contributed by atoms with Gasteiger partial charge < -0.3 is 14.7 Å². The molecular formula is C13H19NO3. The maximum absolute atomic E-state index is 11.5. The van der Waals surface area contributed by atoms with Crippen LogP contribution in [0.3, 0.4) is 0 Å². The first kappa shape index (κ1) is 13.5. The predicted octanol–water partition coefficient (Wildman–Crippen LogP) is 1.30. The fourth-order valence-electron chi connectivity index (χ4n) is 1.36. The van der Waals surface area contributed by atoms with Crippen LogP contribution in [0.2, 0.25) is 0 Å². The van der Waals surface area contributed by atoms with E-state index in [1.165, 1.54) is 0 Å². The van der Waals surface area contributed by atoms with E-state index < -0.39 is 0 Å². The number of likely N-dealkylation sites (N-methyl/N-ethyl adjacent to an activating group) is 1. The molecule has 0 atom stereocenters. The first-order valence-corrected chi connectivity index (χ1v) is 5.76. The Kier molecular flexibility index (Phi) is 6.10.